The fourth-order valence-corrected chi connectivity index (χ4v) is 3.46. The standard InChI is InChI=1S/C19H27N3O2.ClH/c1-13-7-10-22(11-8-13)19(24)15-5-6-16(14(2)12-15)21-18(23)17-4-3-9-20-17;/h5-6,12-13,17,20H,3-4,7-11H2,1-2H3,(H,21,23);1H. The molecule has 1 atom stereocenters. The van der Waals surface area contributed by atoms with E-state index in [0.29, 0.717) is 11.5 Å². The number of likely N-dealkylation sites (tertiary alicyclic amines) is 1. The molecule has 5 nitrogen and oxygen atoms in total. The van der Waals surface area contributed by atoms with Gasteiger partial charge in [0.25, 0.3) is 5.91 Å². The molecule has 6 heteroatoms. The monoisotopic (exact) mass is 365 g/mol. The second-order valence-corrected chi connectivity index (χ2v) is 7.14. The second kappa shape index (κ2) is 8.68. The molecule has 2 aliphatic heterocycles. The first-order chi connectivity index (χ1) is 11.5. The highest BCUT2D eigenvalue weighted by Gasteiger charge is 2.24. The van der Waals surface area contributed by atoms with Crippen molar-refractivity contribution in [3.8, 4) is 0 Å². The molecule has 138 valence electrons. The van der Waals surface area contributed by atoms with E-state index in [4.69, 9.17) is 0 Å². The van der Waals surface area contributed by atoms with Crippen LogP contribution in [0, 0.1) is 12.8 Å². The maximum atomic E-state index is 12.6. The van der Waals surface area contributed by atoms with Crippen molar-refractivity contribution in [2.75, 3.05) is 25.0 Å². The number of carbonyl (C=O) groups excluding carboxylic acids is 2. The number of benzene rings is 1. The number of carbonyl (C=O) groups is 2. The zero-order valence-electron chi connectivity index (χ0n) is 15.0. The largest absolute Gasteiger partial charge is 0.339 e. The SMILES string of the molecule is Cc1cc(C(=O)N2CCC(C)CC2)ccc1NC(=O)C1CCCN1.Cl. The number of hydrogen-bond donors (Lipinski definition) is 2. The van der Waals surface area contributed by atoms with Crippen molar-refractivity contribution in [1.82, 2.24) is 10.2 Å². The Morgan fingerprint density at radius 3 is 2.52 bits per heavy atom. The smallest absolute Gasteiger partial charge is 0.253 e. The summed E-state index contributed by atoms with van der Waals surface area (Å²) in [5.41, 5.74) is 2.43. The van der Waals surface area contributed by atoms with Gasteiger partial charge >= 0.3 is 0 Å². The molecule has 0 aromatic heterocycles. The summed E-state index contributed by atoms with van der Waals surface area (Å²) >= 11 is 0. The zero-order chi connectivity index (χ0) is 17.1. The van der Waals surface area contributed by atoms with Crippen LogP contribution in [0.2, 0.25) is 0 Å². The number of nitrogens with one attached hydrogen (secondary N) is 2. The molecule has 2 heterocycles. The van der Waals surface area contributed by atoms with Crippen LogP contribution in [0.25, 0.3) is 0 Å². The Kier molecular flexibility index (Phi) is 6.85. The summed E-state index contributed by atoms with van der Waals surface area (Å²) in [6.07, 6.45) is 4.08. The molecule has 0 bridgehead atoms. The average molecular weight is 366 g/mol. The van der Waals surface area contributed by atoms with Gasteiger partial charge in [-0.2, -0.15) is 0 Å². The molecule has 0 saturated carbocycles. The summed E-state index contributed by atoms with van der Waals surface area (Å²) in [5, 5.41) is 6.18. The summed E-state index contributed by atoms with van der Waals surface area (Å²) < 4.78 is 0. The Hall–Kier alpha value is -1.59. The quantitative estimate of drug-likeness (QED) is 0.865. The molecule has 2 aliphatic rings. The average Bonchev–Trinajstić information content (AvgIpc) is 3.11. The summed E-state index contributed by atoms with van der Waals surface area (Å²) in [7, 11) is 0. The van der Waals surface area contributed by atoms with Crippen molar-refractivity contribution in [2.45, 2.75) is 45.6 Å². The number of aryl methyl sites for hydroxylation is 1. The van der Waals surface area contributed by atoms with E-state index in [1.54, 1.807) is 0 Å². The molecule has 0 spiro atoms. The Labute approximate surface area is 155 Å². The van der Waals surface area contributed by atoms with E-state index < -0.39 is 0 Å². The fourth-order valence-electron chi connectivity index (χ4n) is 3.46. The van der Waals surface area contributed by atoms with Crippen LogP contribution in [0.15, 0.2) is 18.2 Å². The van der Waals surface area contributed by atoms with Crippen LogP contribution in [-0.2, 0) is 4.79 Å². The van der Waals surface area contributed by atoms with Crippen molar-refractivity contribution in [1.29, 1.82) is 0 Å². The Morgan fingerprint density at radius 2 is 1.92 bits per heavy atom. The lowest BCUT2D eigenvalue weighted by molar-refractivity contribution is -0.117. The molecule has 1 aromatic rings. The van der Waals surface area contributed by atoms with Crippen LogP contribution in [0.5, 0.6) is 0 Å². The van der Waals surface area contributed by atoms with Gasteiger partial charge in [-0.25, -0.2) is 0 Å². The summed E-state index contributed by atoms with van der Waals surface area (Å²) in [6.45, 7) is 6.75. The van der Waals surface area contributed by atoms with Crippen LogP contribution < -0.4 is 10.6 Å². The normalized spacial score (nSPS) is 20.9. The third-order valence-electron chi connectivity index (χ3n) is 5.18. The predicted molar refractivity (Wildman–Crippen MR) is 102 cm³/mol. The van der Waals surface area contributed by atoms with Gasteiger partial charge in [0.05, 0.1) is 6.04 Å². The third kappa shape index (κ3) is 4.73. The first-order valence-electron chi connectivity index (χ1n) is 8.99. The topological polar surface area (TPSA) is 61.4 Å². The first kappa shape index (κ1) is 19.7. The van der Waals surface area contributed by atoms with Crippen molar-refractivity contribution < 1.29 is 9.59 Å². The molecule has 1 unspecified atom stereocenters. The number of hydrogen-bond acceptors (Lipinski definition) is 3. The lowest BCUT2D eigenvalue weighted by atomic mass is 9.98. The van der Waals surface area contributed by atoms with Gasteiger partial charge in [0.2, 0.25) is 5.91 Å². The van der Waals surface area contributed by atoms with Gasteiger partial charge in [0.15, 0.2) is 0 Å². The number of rotatable bonds is 3. The van der Waals surface area contributed by atoms with Gasteiger partial charge in [-0.15, -0.1) is 12.4 Å². The Morgan fingerprint density at radius 1 is 1.20 bits per heavy atom. The summed E-state index contributed by atoms with van der Waals surface area (Å²) in [6, 6.07) is 5.46. The van der Waals surface area contributed by atoms with Crippen LogP contribution in [0.4, 0.5) is 5.69 Å². The van der Waals surface area contributed by atoms with Gasteiger partial charge in [0, 0.05) is 24.3 Å². The van der Waals surface area contributed by atoms with Gasteiger partial charge in [-0.05, 0) is 68.8 Å². The Bertz CT molecular complexity index is 621. The molecule has 2 N–H and O–H groups in total. The number of anilines is 1. The fraction of sp³-hybridized carbons (Fsp3) is 0.579. The highest BCUT2D eigenvalue weighted by Crippen LogP contribution is 2.22. The highest BCUT2D eigenvalue weighted by atomic mass is 35.5. The number of halogens is 1. The molecular formula is C19H28ClN3O2. The van der Waals surface area contributed by atoms with Gasteiger partial charge in [-0.3, -0.25) is 9.59 Å². The van der Waals surface area contributed by atoms with Crippen molar-refractivity contribution in [3.63, 3.8) is 0 Å². The summed E-state index contributed by atoms with van der Waals surface area (Å²) in [5.74, 6) is 0.817. The highest BCUT2D eigenvalue weighted by molar-refractivity contribution is 5.98. The molecule has 2 saturated heterocycles. The lowest BCUT2D eigenvalue weighted by Gasteiger charge is -2.30. The van der Waals surface area contributed by atoms with Crippen LogP contribution in [0.1, 0.15) is 48.5 Å². The molecule has 0 radical (unpaired) electrons. The molecule has 0 aliphatic carbocycles. The van der Waals surface area contributed by atoms with Gasteiger partial charge < -0.3 is 15.5 Å². The van der Waals surface area contributed by atoms with Gasteiger partial charge in [-0.1, -0.05) is 6.92 Å². The van der Waals surface area contributed by atoms with Gasteiger partial charge in [0.1, 0.15) is 0 Å². The Balaban J connectivity index is 0.00000225. The van der Waals surface area contributed by atoms with E-state index >= 15 is 0 Å². The minimum atomic E-state index is -0.0963. The van der Waals surface area contributed by atoms with E-state index in [-0.39, 0.29) is 30.3 Å². The van der Waals surface area contributed by atoms with Crippen LogP contribution in [-0.4, -0.2) is 42.4 Å². The minimum absolute atomic E-state index is 0. The van der Waals surface area contributed by atoms with E-state index in [0.717, 1.165) is 56.6 Å². The molecule has 1 aromatic carbocycles. The predicted octanol–water partition coefficient (Wildman–Crippen LogP) is 2.98. The van der Waals surface area contributed by atoms with E-state index in [2.05, 4.69) is 17.6 Å². The summed E-state index contributed by atoms with van der Waals surface area (Å²) in [4.78, 5) is 26.8. The minimum Gasteiger partial charge on any atom is -0.339 e. The van der Waals surface area contributed by atoms with Crippen molar-refractivity contribution in [3.05, 3.63) is 29.3 Å². The van der Waals surface area contributed by atoms with Crippen LogP contribution >= 0.6 is 12.4 Å². The third-order valence-corrected chi connectivity index (χ3v) is 5.18. The lowest BCUT2D eigenvalue weighted by Crippen LogP contribution is -2.38. The molecule has 3 rings (SSSR count). The molecule has 25 heavy (non-hydrogen) atoms. The van der Waals surface area contributed by atoms with Crippen molar-refractivity contribution >= 4 is 29.9 Å². The molecule has 2 amide bonds. The molecular weight excluding hydrogens is 338 g/mol. The number of piperidine rings is 1. The molecule has 2 fully saturated rings. The maximum absolute atomic E-state index is 12.6. The van der Waals surface area contributed by atoms with Crippen LogP contribution in [0.3, 0.4) is 0 Å². The van der Waals surface area contributed by atoms with E-state index in [1.165, 1.54) is 0 Å². The maximum Gasteiger partial charge on any atom is 0.253 e. The van der Waals surface area contributed by atoms with E-state index in [1.807, 2.05) is 30.0 Å². The zero-order valence-corrected chi connectivity index (χ0v) is 15.8. The van der Waals surface area contributed by atoms with Crippen molar-refractivity contribution in [2.24, 2.45) is 5.92 Å². The second-order valence-electron chi connectivity index (χ2n) is 7.14. The number of nitrogens with zero attached hydrogens (tertiary/aromatic N) is 1. The first-order valence-corrected chi connectivity index (χ1v) is 8.99. The number of amides is 2. The van der Waals surface area contributed by atoms with E-state index in [9.17, 15) is 9.59 Å².